The van der Waals surface area contributed by atoms with Crippen LogP contribution >= 0.6 is 0 Å². The van der Waals surface area contributed by atoms with Gasteiger partial charge in [-0.2, -0.15) is 0 Å². The smallest absolute Gasteiger partial charge is 0.207 e. The summed E-state index contributed by atoms with van der Waals surface area (Å²) < 4.78 is 0. The summed E-state index contributed by atoms with van der Waals surface area (Å²) in [7, 11) is 0. The molecule has 0 aromatic carbocycles. The van der Waals surface area contributed by atoms with Crippen LogP contribution in [0.15, 0.2) is 0 Å². The van der Waals surface area contributed by atoms with Crippen LogP contribution in [-0.2, 0) is 4.79 Å². The second-order valence-corrected chi connectivity index (χ2v) is 5.73. The van der Waals surface area contributed by atoms with Crippen molar-refractivity contribution in [3.05, 3.63) is 0 Å². The molecule has 4 saturated carbocycles. The molecule has 4 aliphatic carbocycles. The lowest BCUT2D eigenvalue weighted by atomic mass is 9.35. The third-order valence-corrected chi connectivity index (χ3v) is 5.73. The molecule has 2 unspecified atom stereocenters. The van der Waals surface area contributed by atoms with Gasteiger partial charge in [-0.1, -0.05) is 0 Å². The van der Waals surface area contributed by atoms with Gasteiger partial charge in [0.25, 0.3) is 0 Å². The van der Waals surface area contributed by atoms with Gasteiger partial charge in [0.05, 0.1) is 0 Å². The predicted molar refractivity (Wildman–Crippen MR) is 47.9 cm³/mol. The molecule has 4 rings (SSSR count). The fourth-order valence-electron chi connectivity index (χ4n) is 5.55. The number of hydrogen-bond donors (Lipinski definition) is 1. The van der Waals surface area contributed by atoms with Gasteiger partial charge in [0.2, 0.25) is 6.41 Å². The Morgan fingerprint density at radius 1 is 1.15 bits per heavy atom. The first-order chi connectivity index (χ1) is 6.31. The van der Waals surface area contributed by atoms with Crippen molar-refractivity contribution < 1.29 is 4.79 Å². The Hall–Kier alpha value is -0.530. The zero-order chi connectivity index (χ0) is 8.68. The van der Waals surface area contributed by atoms with Gasteiger partial charge in [0.15, 0.2) is 0 Å². The predicted octanol–water partition coefficient (Wildman–Crippen LogP) is 1.31. The minimum absolute atomic E-state index is 0.283. The minimum atomic E-state index is 0.283. The van der Waals surface area contributed by atoms with E-state index in [1.807, 2.05) is 0 Å². The number of nitrogens with one attached hydrogen (secondary N) is 1. The third-order valence-electron chi connectivity index (χ3n) is 5.73. The number of carbonyl (C=O) groups is 1. The highest BCUT2D eigenvalue weighted by Gasteiger charge is 2.80. The van der Waals surface area contributed by atoms with E-state index in [2.05, 4.69) is 5.32 Å². The third kappa shape index (κ3) is 0.456. The number of fused-ring (bicyclic) bond motifs is 1. The van der Waals surface area contributed by atoms with Crippen LogP contribution in [0.2, 0.25) is 0 Å². The number of amides is 1. The van der Waals surface area contributed by atoms with E-state index in [1.54, 1.807) is 0 Å². The summed E-state index contributed by atoms with van der Waals surface area (Å²) >= 11 is 0. The molecule has 0 saturated heterocycles. The van der Waals surface area contributed by atoms with Crippen LogP contribution < -0.4 is 5.32 Å². The van der Waals surface area contributed by atoms with Gasteiger partial charge in [0, 0.05) is 5.54 Å². The van der Waals surface area contributed by atoms with Crippen molar-refractivity contribution in [3.63, 3.8) is 0 Å². The van der Waals surface area contributed by atoms with Crippen LogP contribution in [0.4, 0.5) is 0 Å². The van der Waals surface area contributed by atoms with E-state index >= 15 is 0 Å². The van der Waals surface area contributed by atoms with Crippen LogP contribution in [0.1, 0.15) is 32.1 Å². The standard InChI is InChI=1S/C11H15NO/c13-6-12-10-3-7-1-8-2-9(5-10)11(8,10)4-7/h6-9H,1-5H2,(H,12,13)/t7-,8-,9+,10?,11?/m1/s1. The number of hydrogen-bond acceptors (Lipinski definition) is 1. The van der Waals surface area contributed by atoms with Gasteiger partial charge in [-0.25, -0.2) is 0 Å². The highest BCUT2D eigenvalue weighted by Crippen LogP contribution is 2.82. The van der Waals surface area contributed by atoms with E-state index in [9.17, 15) is 4.79 Å². The van der Waals surface area contributed by atoms with Gasteiger partial charge in [-0.05, 0) is 55.3 Å². The fraction of sp³-hybridized carbons (Fsp3) is 0.909. The number of carbonyl (C=O) groups excluding carboxylic acids is 1. The van der Waals surface area contributed by atoms with Crippen LogP contribution in [0.25, 0.3) is 0 Å². The molecule has 4 fully saturated rings. The summed E-state index contributed by atoms with van der Waals surface area (Å²) in [5.41, 5.74) is 0.893. The molecule has 1 spiro atoms. The maximum absolute atomic E-state index is 10.6. The van der Waals surface area contributed by atoms with Gasteiger partial charge in [-0.3, -0.25) is 4.79 Å². The Morgan fingerprint density at radius 2 is 2.08 bits per heavy atom. The molecule has 2 heteroatoms. The Balaban J connectivity index is 1.79. The Bertz CT molecular complexity index is 302. The summed E-state index contributed by atoms with van der Waals surface area (Å²) in [5.74, 6) is 2.92. The normalized spacial score (nSPS) is 65.1. The molecule has 1 amide bonds. The van der Waals surface area contributed by atoms with E-state index in [-0.39, 0.29) is 5.54 Å². The summed E-state index contributed by atoms with van der Waals surface area (Å²) in [4.78, 5) is 10.6. The fourth-order valence-corrected chi connectivity index (χ4v) is 5.55. The van der Waals surface area contributed by atoms with Crippen molar-refractivity contribution in [1.82, 2.24) is 5.32 Å². The van der Waals surface area contributed by atoms with Crippen molar-refractivity contribution in [1.29, 1.82) is 0 Å². The van der Waals surface area contributed by atoms with Crippen LogP contribution in [-0.4, -0.2) is 11.9 Å². The molecule has 0 radical (unpaired) electrons. The lowest BCUT2D eigenvalue weighted by molar-refractivity contribution is -0.205. The second-order valence-electron chi connectivity index (χ2n) is 5.73. The van der Waals surface area contributed by atoms with Crippen molar-refractivity contribution in [2.24, 2.45) is 23.2 Å². The van der Waals surface area contributed by atoms with Crippen molar-refractivity contribution >= 4 is 6.41 Å². The summed E-state index contributed by atoms with van der Waals surface area (Å²) in [5, 5.41) is 3.16. The first-order valence-corrected chi connectivity index (χ1v) is 5.52. The maximum atomic E-state index is 10.6. The highest BCUT2D eigenvalue weighted by molar-refractivity contribution is 5.52. The van der Waals surface area contributed by atoms with E-state index in [0.717, 1.165) is 24.2 Å². The molecule has 0 heterocycles. The van der Waals surface area contributed by atoms with Crippen LogP contribution in [0.5, 0.6) is 0 Å². The van der Waals surface area contributed by atoms with Gasteiger partial charge >= 0.3 is 0 Å². The Morgan fingerprint density at radius 3 is 2.77 bits per heavy atom. The average Bonchev–Trinajstić information content (AvgIpc) is 2.51. The largest absolute Gasteiger partial charge is 0.353 e. The lowest BCUT2D eigenvalue weighted by Gasteiger charge is -2.72. The van der Waals surface area contributed by atoms with Crippen LogP contribution in [0.3, 0.4) is 0 Å². The summed E-state index contributed by atoms with van der Waals surface area (Å²) in [6.07, 6.45) is 7.90. The van der Waals surface area contributed by atoms with E-state index in [4.69, 9.17) is 0 Å². The van der Waals surface area contributed by atoms with Gasteiger partial charge in [0.1, 0.15) is 0 Å². The summed E-state index contributed by atoms with van der Waals surface area (Å²) in [6.45, 7) is 0. The monoisotopic (exact) mass is 177 g/mol. The topological polar surface area (TPSA) is 29.1 Å². The lowest BCUT2D eigenvalue weighted by Crippen LogP contribution is -2.75. The molecule has 2 nitrogen and oxygen atoms in total. The molecule has 13 heavy (non-hydrogen) atoms. The first kappa shape index (κ1) is 6.86. The van der Waals surface area contributed by atoms with Crippen molar-refractivity contribution in [2.75, 3.05) is 0 Å². The molecule has 0 aliphatic heterocycles. The molecule has 70 valence electrons. The number of rotatable bonds is 2. The Kier molecular flexibility index (Phi) is 0.879. The molecule has 4 aliphatic rings. The molecular weight excluding hydrogens is 162 g/mol. The molecule has 5 atom stereocenters. The maximum Gasteiger partial charge on any atom is 0.207 e. The Labute approximate surface area is 78.1 Å². The van der Waals surface area contributed by atoms with E-state index < -0.39 is 0 Å². The summed E-state index contributed by atoms with van der Waals surface area (Å²) in [6, 6.07) is 0. The van der Waals surface area contributed by atoms with Crippen molar-refractivity contribution in [2.45, 2.75) is 37.6 Å². The van der Waals surface area contributed by atoms with Gasteiger partial charge in [-0.15, -0.1) is 0 Å². The molecular formula is C11H15NO. The second kappa shape index (κ2) is 1.67. The first-order valence-electron chi connectivity index (χ1n) is 5.52. The zero-order valence-electron chi connectivity index (χ0n) is 7.75. The molecule has 0 aromatic heterocycles. The van der Waals surface area contributed by atoms with E-state index in [0.29, 0.717) is 5.41 Å². The quantitative estimate of drug-likeness (QED) is 0.633. The minimum Gasteiger partial charge on any atom is -0.353 e. The van der Waals surface area contributed by atoms with Crippen LogP contribution in [0, 0.1) is 23.2 Å². The molecule has 1 N–H and O–H groups in total. The SMILES string of the molecule is O=CNC12C[C@H]3C[C@@H]4C[C@@H](C1)C42C3. The van der Waals surface area contributed by atoms with E-state index in [1.165, 1.54) is 32.1 Å². The molecule has 2 bridgehead atoms. The van der Waals surface area contributed by atoms with Gasteiger partial charge < -0.3 is 5.32 Å². The highest BCUT2D eigenvalue weighted by atomic mass is 16.1. The molecule has 0 aromatic rings. The van der Waals surface area contributed by atoms with Crippen molar-refractivity contribution in [3.8, 4) is 0 Å². The zero-order valence-corrected chi connectivity index (χ0v) is 7.75. The average molecular weight is 177 g/mol.